The quantitative estimate of drug-likeness (QED) is 0.897. The number of aryl methyl sites for hydroxylation is 1. The van der Waals surface area contributed by atoms with E-state index in [-0.39, 0.29) is 11.4 Å². The molecule has 1 fully saturated rings. The summed E-state index contributed by atoms with van der Waals surface area (Å²) in [6, 6.07) is 2.17. The summed E-state index contributed by atoms with van der Waals surface area (Å²) in [6.07, 6.45) is 5.58. The van der Waals surface area contributed by atoms with Crippen molar-refractivity contribution in [2.45, 2.75) is 57.9 Å². The number of nitrogens with one attached hydrogen (secondary N) is 1. The van der Waals surface area contributed by atoms with Gasteiger partial charge in [0.05, 0.1) is 5.56 Å². The zero-order valence-corrected chi connectivity index (χ0v) is 12.9. The number of thiophene rings is 1. The summed E-state index contributed by atoms with van der Waals surface area (Å²) in [5.41, 5.74) is 7.46. The Hall–Kier alpha value is -1.38. The zero-order chi connectivity index (χ0) is 14.8. The van der Waals surface area contributed by atoms with E-state index in [2.05, 4.69) is 11.4 Å². The molecule has 2 rings (SSSR count). The Morgan fingerprint density at radius 3 is 2.65 bits per heavy atom. The van der Waals surface area contributed by atoms with Gasteiger partial charge in [-0.1, -0.05) is 19.3 Å². The molecule has 1 aromatic rings. The summed E-state index contributed by atoms with van der Waals surface area (Å²) < 4.78 is 0. The van der Waals surface area contributed by atoms with Crippen LogP contribution >= 0.6 is 11.3 Å². The predicted molar refractivity (Wildman–Crippen MR) is 81.8 cm³/mol. The molecule has 1 aliphatic rings. The van der Waals surface area contributed by atoms with E-state index < -0.39 is 0 Å². The molecule has 1 heterocycles. The molecule has 3 N–H and O–H groups in total. The van der Waals surface area contributed by atoms with E-state index in [9.17, 15) is 10.1 Å². The van der Waals surface area contributed by atoms with Crippen LogP contribution in [0.25, 0.3) is 0 Å². The number of carbonyl (C=O) groups excluding carboxylic acids is 1. The number of anilines is 1. The van der Waals surface area contributed by atoms with Crippen molar-refractivity contribution in [2.75, 3.05) is 5.32 Å². The average Bonchev–Trinajstić information content (AvgIpc) is 2.64. The van der Waals surface area contributed by atoms with E-state index in [4.69, 9.17) is 5.73 Å². The molecule has 5 heteroatoms. The highest BCUT2D eigenvalue weighted by Gasteiger charge is 2.30. The first-order valence-electron chi connectivity index (χ1n) is 7.04. The first-order chi connectivity index (χ1) is 9.45. The topological polar surface area (TPSA) is 78.9 Å². The van der Waals surface area contributed by atoms with Crippen molar-refractivity contribution in [1.82, 2.24) is 0 Å². The van der Waals surface area contributed by atoms with Crippen molar-refractivity contribution < 1.29 is 4.79 Å². The van der Waals surface area contributed by atoms with Crippen LogP contribution < -0.4 is 11.1 Å². The second kappa shape index (κ2) is 5.94. The zero-order valence-electron chi connectivity index (χ0n) is 12.1. The number of nitriles is 1. The second-order valence-corrected chi connectivity index (χ2v) is 6.97. The van der Waals surface area contributed by atoms with Crippen molar-refractivity contribution in [3.8, 4) is 6.07 Å². The van der Waals surface area contributed by atoms with E-state index in [1.807, 2.05) is 13.8 Å². The number of nitrogens with two attached hydrogens (primary N) is 1. The van der Waals surface area contributed by atoms with Gasteiger partial charge in [0.15, 0.2) is 0 Å². The SMILES string of the molecule is Cc1sc(NC(=O)CC2(N)CCCCC2)c(C#N)c1C. The summed E-state index contributed by atoms with van der Waals surface area (Å²) in [5, 5.41) is 12.7. The molecule has 1 saturated carbocycles. The molecule has 0 bridgehead atoms. The highest BCUT2D eigenvalue weighted by Crippen LogP contribution is 2.33. The Morgan fingerprint density at radius 2 is 2.05 bits per heavy atom. The largest absolute Gasteiger partial charge is 0.325 e. The van der Waals surface area contributed by atoms with Crippen LogP contribution in [0.5, 0.6) is 0 Å². The summed E-state index contributed by atoms with van der Waals surface area (Å²) in [4.78, 5) is 13.2. The molecule has 4 nitrogen and oxygen atoms in total. The highest BCUT2D eigenvalue weighted by molar-refractivity contribution is 7.16. The molecule has 0 saturated heterocycles. The fraction of sp³-hybridized carbons (Fsp3) is 0.600. The molecular weight excluding hydrogens is 270 g/mol. The van der Waals surface area contributed by atoms with Crippen LogP contribution in [-0.2, 0) is 4.79 Å². The summed E-state index contributed by atoms with van der Waals surface area (Å²) in [5.74, 6) is -0.0767. The Labute approximate surface area is 124 Å². The molecule has 0 spiro atoms. The van der Waals surface area contributed by atoms with E-state index in [0.29, 0.717) is 17.0 Å². The van der Waals surface area contributed by atoms with Gasteiger partial charge >= 0.3 is 0 Å². The lowest BCUT2D eigenvalue weighted by atomic mass is 9.80. The van der Waals surface area contributed by atoms with Crippen LogP contribution in [0, 0.1) is 25.2 Å². The van der Waals surface area contributed by atoms with E-state index in [1.54, 1.807) is 0 Å². The normalized spacial score (nSPS) is 17.5. The van der Waals surface area contributed by atoms with Crippen molar-refractivity contribution in [2.24, 2.45) is 5.73 Å². The van der Waals surface area contributed by atoms with Crippen LogP contribution in [0.1, 0.15) is 54.5 Å². The lowest BCUT2D eigenvalue weighted by Gasteiger charge is -2.32. The van der Waals surface area contributed by atoms with E-state index >= 15 is 0 Å². The van der Waals surface area contributed by atoms with Crippen molar-refractivity contribution >= 4 is 22.2 Å². The molecule has 1 amide bonds. The number of carbonyl (C=O) groups is 1. The molecular formula is C15H21N3OS. The predicted octanol–water partition coefficient (Wildman–Crippen LogP) is 3.23. The number of hydrogen-bond acceptors (Lipinski definition) is 4. The number of nitrogens with zero attached hydrogens (tertiary/aromatic N) is 1. The summed E-state index contributed by atoms with van der Waals surface area (Å²) in [7, 11) is 0. The van der Waals surface area contributed by atoms with Crippen molar-refractivity contribution in [3.63, 3.8) is 0 Å². The first-order valence-corrected chi connectivity index (χ1v) is 7.86. The van der Waals surface area contributed by atoms with Gasteiger partial charge in [0.25, 0.3) is 0 Å². The smallest absolute Gasteiger partial charge is 0.226 e. The molecule has 0 atom stereocenters. The van der Waals surface area contributed by atoms with Crippen LogP contribution in [0.15, 0.2) is 0 Å². The van der Waals surface area contributed by atoms with Crippen LogP contribution in [0.4, 0.5) is 5.00 Å². The maximum Gasteiger partial charge on any atom is 0.226 e. The average molecular weight is 291 g/mol. The number of hydrogen-bond donors (Lipinski definition) is 2. The minimum Gasteiger partial charge on any atom is -0.325 e. The molecule has 20 heavy (non-hydrogen) atoms. The van der Waals surface area contributed by atoms with Crippen molar-refractivity contribution in [1.29, 1.82) is 5.26 Å². The minimum atomic E-state index is -0.365. The van der Waals surface area contributed by atoms with Gasteiger partial charge in [-0.3, -0.25) is 4.79 Å². The van der Waals surface area contributed by atoms with Gasteiger partial charge in [0, 0.05) is 16.8 Å². The second-order valence-electron chi connectivity index (χ2n) is 5.75. The third kappa shape index (κ3) is 3.20. The molecule has 1 aromatic heterocycles. The van der Waals surface area contributed by atoms with E-state index in [0.717, 1.165) is 36.1 Å². The first kappa shape index (κ1) is 15.0. The fourth-order valence-corrected chi connectivity index (χ4v) is 3.80. The summed E-state index contributed by atoms with van der Waals surface area (Å²) >= 11 is 1.46. The maximum absolute atomic E-state index is 12.2. The molecule has 108 valence electrons. The highest BCUT2D eigenvalue weighted by atomic mass is 32.1. The fourth-order valence-electron chi connectivity index (χ4n) is 2.77. The van der Waals surface area contributed by atoms with Gasteiger partial charge < -0.3 is 11.1 Å². The monoisotopic (exact) mass is 291 g/mol. The molecule has 0 radical (unpaired) electrons. The van der Waals surface area contributed by atoms with Gasteiger partial charge in [-0.05, 0) is 32.3 Å². The molecule has 0 aliphatic heterocycles. The Balaban J connectivity index is 2.05. The van der Waals surface area contributed by atoms with Gasteiger partial charge in [0.1, 0.15) is 11.1 Å². The van der Waals surface area contributed by atoms with Crippen molar-refractivity contribution in [3.05, 3.63) is 16.0 Å². The van der Waals surface area contributed by atoms with Gasteiger partial charge in [-0.25, -0.2) is 0 Å². The Bertz CT molecular complexity index is 550. The van der Waals surface area contributed by atoms with Crippen LogP contribution in [0.2, 0.25) is 0 Å². The molecule has 0 aromatic carbocycles. The standard InChI is InChI=1S/C15H21N3OS/c1-10-11(2)20-14(12(10)9-16)18-13(19)8-15(17)6-4-3-5-7-15/h3-8,17H2,1-2H3,(H,18,19). The minimum absolute atomic E-state index is 0.0767. The number of amides is 1. The lowest BCUT2D eigenvalue weighted by molar-refractivity contribution is -0.117. The van der Waals surface area contributed by atoms with Gasteiger partial charge in [-0.2, -0.15) is 5.26 Å². The number of rotatable bonds is 3. The molecule has 0 unspecified atom stereocenters. The Morgan fingerprint density at radius 1 is 1.40 bits per heavy atom. The van der Waals surface area contributed by atoms with Gasteiger partial charge in [-0.15, -0.1) is 11.3 Å². The van der Waals surface area contributed by atoms with E-state index in [1.165, 1.54) is 17.8 Å². The third-order valence-electron chi connectivity index (χ3n) is 4.11. The maximum atomic E-state index is 12.2. The summed E-state index contributed by atoms with van der Waals surface area (Å²) in [6.45, 7) is 3.87. The van der Waals surface area contributed by atoms with Crippen LogP contribution in [-0.4, -0.2) is 11.4 Å². The third-order valence-corrected chi connectivity index (χ3v) is 5.23. The molecule has 1 aliphatic carbocycles. The lowest BCUT2D eigenvalue weighted by Crippen LogP contribution is -2.44. The van der Waals surface area contributed by atoms with Gasteiger partial charge in [0.2, 0.25) is 5.91 Å². The van der Waals surface area contributed by atoms with Crippen LogP contribution in [0.3, 0.4) is 0 Å². The Kier molecular flexibility index (Phi) is 4.46.